The highest BCUT2D eigenvalue weighted by Gasteiger charge is 2.31. The fourth-order valence-electron chi connectivity index (χ4n) is 3.96. The minimum atomic E-state index is -0.487. The molecule has 2 amide bonds. The van der Waals surface area contributed by atoms with Gasteiger partial charge in [-0.1, -0.05) is 60.7 Å². The van der Waals surface area contributed by atoms with Gasteiger partial charge in [-0.2, -0.15) is 0 Å². The first kappa shape index (κ1) is 21.6. The summed E-state index contributed by atoms with van der Waals surface area (Å²) in [6, 6.07) is 26.4. The molecule has 5 nitrogen and oxygen atoms in total. The Morgan fingerprint density at radius 1 is 0.906 bits per heavy atom. The number of carbonyl (C=O) groups is 2. The molecule has 1 N–H and O–H groups in total. The second-order valence-corrected chi connectivity index (χ2v) is 8.02. The largest absolute Gasteiger partial charge is 0.489 e. The zero-order valence-electron chi connectivity index (χ0n) is 18.1. The van der Waals surface area contributed by atoms with Crippen LogP contribution in [0.15, 0.2) is 84.9 Å². The second-order valence-electron chi connectivity index (χ2n) is 8.02. The van der Waals surface area contributed by atoms with Gasteiger partial charge >= 0.3 is 0 Å². The molecule has 0 aromatic heterocycles. The quantitative estimate of drug-likeness (QED) is 0.599. The number of rotatable bonds is 7. The van der Waals surface area contributed by atoms with Crippen molar-refractivity contribution in [3.63, 3.8) is 0 Å². The van der Waals surface area contributed by atoms with Gasteiger partial charge < -0.3 is 15.0 Å². The van der Waals surface area contributed by atoms with E-state index >= 15 is 0 Å². The lowest BCUT2D eigenvalue weighted by molar-refractivity contribution is -0.125. The van der Waals surface area contributed by atoms with Gasteiger partial charge in [0.1, 0.15) is 18.4 Å². The van der Waals surface area contributed by atoms with Crippen molar-refractivity contribution in [3.8, 4) is 5.75 Å². The highest BCUT2D eigenvalue weighted by atomic mass is 16.5. The Bertz CT molecular complexity index is 1040. The van der Waals surface area contributed by atoms with E-state index in [1.54, 1.807) is 17.0 Å². The molecule has 1 fully saturated rings. The fraction of sp³-hybridized carbons (Fsp3) is 0.259. The van der Waals surface area contributed by atoms with Crippen LogP contribution in [0.5, 0.6) is 5.75 Å². The zero-order valence-corrected chi connectivity index (χ0v) is 18.1. The minimum absolute atomic E-state index is 0.0803. The van der Waals surface area contributed by atoms with Gasteiger partial charge in [0.05, 0.1) is 0 Å². The summed E-state index contributed by atoms with van der Waals surface area (Å²) in [6.45, 7) is 1.47. The molecule has 4 rings (SSSR count). The van der Waals surface area contributed by atoms with Crippen LogP contribution in [-0.2, 0) is 17.9 Å². The van der Waals surface area contributed by atoms with Crippen LogP contribution in [0.1, 0.15) is 40.7 Å². The molecule has 0 spiro atoms. The van der Waals surface area contributed by atoms with Crippen molar-refractivity contribution < 1.29 is 14.3 Å². The van der Waals surface area contributed by atoms with Crippen molar-refractivity contribution in [2.24, 2.45) is 0 Å². The van der Waals surface area contributed by atoms with Crippen molar-refractivity contribution in [1.82, 2.24) is 10.2 Å². The zero-order chi connectivity index (χ0) is 22.2. The Kier molecular flexibility index (Phi) is 7.18. The first-order valence-electron chi connectivity index (χ1n) is 11.1. The van der Waals surface area contributed by atoms with Crippen LogP contribution in [0.4, 0.5) is 0 Å². The van der Waals surface area contributed by atoms with Crippen LogP contribution in [-0.4, -0.2) is 29.3 Å². The number of amides is 2. The van der Waals surface area contributed by atoms with Crippen LogP contribution < -0.4 is 10.1 Å². The van der Waals surface area contributed by atoms with Crippen molar-refractivity contribution in [2.45, 2.75) is 38.5 Å². The Labute approximate surface area is 189 Å². The Morgan fingerprint density at radius 3 is 2.41 bits per heavy atom. The van der Waals surface area contributed by atoms with E-state index in [2.05, 4.69) is 5.32 Å². The van der Waals surface area contributed by atoms with Crippen molar-refractivity contribution in [2.75, 3.05) is 6.54 Å². The van der Waals surface area contributed by atoms with E-state index in [4.69, 9.17) is 4.74 Å². The van der Waals surface area contributed by atoms with Gasteiger partial charge in [-0.15, -0.1) is 0 Å². The van der Waals surface area contributed by atoms with E-state index in [0.29, 0.717) is 31.7 Å². The molecule has 3 aromatic rings. The molecule has 1 atom stereocenters. The van der Waals surface area contributed by atoms with Crippen LogP contribution in [0.3, 0.4) is 0 Å². The molecular formula is C27H28N2O3. The number of carbonyl (C=O) groups excluding carboxylic acids is 2. The Hall–Kier alpha value is -3.60. The van der Waals surface area contributed by atoms with E-state index in [1.165, 1.54) is 0 Å². The fourth-order valence-corrected chi connectivity index (χ4v) is 3.96. The monoisotopic (exact) mass is 428 g/mol. The molecule has 1 heterocycles. The van der Waals surface area contributed by atoms with E-state index in [1.807, 2.05) is 72.8 Å². The number of nitrogens with one attached hydrogen (secondary N) is 1. The van der Waals surface area contributed by atoms with Gasteiger partial charge in [0.25, 0.3) is 5.91 Å². The summed E-state index contributed by atoms with van der Waals surface area (Å²) in [4.78, 5) is 27.9. The molecule has 164 valence electrons. The van der Waals surface area contributed by atoms with Crippen LogP contribution in [0.25, 0.3) is 0 Å². The molecule has 5 heteroatoms. The predicted molar refractivity (Wildman–Crippen MR) is 124 cm³/mol. The second kappa shape index (κ2) is 10.6. The van der Waals surface area contributed by atoms with Crippen molar-refractivity contribution in [1.29, 1.82) is 0 Å². The van der Waals surface area contributed by atoms with Gasteiger partial charge in [-0.25, -0.2) is 0 Å². The van der Waals surface area contributed by atoms with Gasteiger partial charge in [0.2, 0.25) is 5.91 Å². The number of hydrogen-bond acceptors (Lipinski definition) is 3. The number of nitrogens with zero attached hydrogens (tertiary/aromatic N) is 1. The Balaban J connectivity index is 1.55. The maximum atomic E-state index is 13.4. The molecule has 32 heavy (non-hydrogen) atoms. The van der Waals surface area contributed by atoms with Crippen LogP contribution >= 0.6 is 0 Å². The molecule has 0 radical (unpaired) electrons. The summed E-state index contributed by atoms with van der Waals surface area (Å²) in [6.07, 6.45) is 2.50. The first-order chi connectivity index (χ1) is 15.7. The maximum Gasteiger partial charge on any atom is 0.254 e. The summed E-state index contributed by atoms with van der Waals surface area (Å²) >= 11 is 0. The number of ether oxygens (including phenoxy) is 1. The molecule has 1 saturated heterocycles. The van der Waals surface area contributed by atoms with Crippen LogP contribution in [0, 0.1) is 0 Å². The lowest BCUT2D eigenvalue weighted by Gasteiger charge is -2.30. The molecule has 3 aromatic carbocycles. The minimum Gasteiger partial charge on any atom is -0.489 e. The highest BCUT2D eigenvalue weighted by molar-refractivity contribution is 5.97. The Morgan fingerprint density at radius 2 is 1.62 bits per heavy atom. The molecule has 0 bridgehead atoms. The molecular weight excluding hydrogens is 400 g/mol. The average molecular weight is 429 g/mol. The van der Waals surface area contributed by atoms with Gasteiger partial charge in [0.15, 0.2) is 0 Å². The molecule has 1 aliphatic rings. The molecule has 1 aliphatic heterocycles. The highest BCUT2D eigenvalue weighted by Crippen LogP contribution is 2.22. The van der Waals surface area contributed by atoms with Crippen LogP contribution in [0.2, 0.25) is 0 Å². The van der Waals surface area contributed by atoms with Crippen molar-refractivity contribution in [3.05, 3.63) is 102 Å². The number of benzene rings is 3. The topological polar surface area (TPSA) is 58.6 Å². The molecule has 1 unspecified atom stereocenters. The van der Waals surface area contributed by atoms with Gasteiger partial charge in [0, 0.05) is 18.7 Å². The third-order valence-corrected chi connectivity index (χ3v) is 5.66. The number of hydrogen-bond donors (Lipinski definition) is 1. The molecule has 0 saturated carbocycles. The average Bonchev–Trinajstić information content (AvgIpc) is 3.06. The smallest absolute Gasteiger partial charge is 0.254 e. The summed E-state index contributed by atoms with van der Waals surface area (Å²) in [5.41, 5.74) is 2.60. The summed E-state index contributed by atoms with van der Waals surface area (Å²) in [5.74, 6) is 0.523. The standard InChI is InChI=1S/C27H28N2O3/c30-26-25(16-7-8-17-28-26)29(27(31)23-13-5-2-6-14-23)19-22-12-9-15-24(18-22)32-20-21-10-3-1-4-11-21/h1-6,9-15,18,25H,7-8,16-17,19-20H2,(H,28,30). The van der Waals surface area contributed by atoms with E-state index in [-0.39, 0.29) is 11.8 Å². The third-order valence-electron chi connectivity index (χ3n) is 5.66. The molecule has 0 aliphatic carbocycles. The van der Waals surface area contributed by atoms with Gasteiger partial charge in [-0.3, -0.25) is 9.59 Å². The van der Waals surface area contributed by atoms with E-state index in [9.17, 15) is 9.59 Å². The van der Waals surface area contributed by atoms with Crippen molar-refractivity contribution >= 4 is 11.8 Å². The third kappa shape index (κ3) is 5.55. The summed E-state index contributed by atoms with van der Waals surface area (Å²) in [7, 11) is 0. The predicted octanol–water partition coefficient (Wildman–Crippen LogP) is 4.58. The SMILES string of the molecule is O=C1NCCCCC1N(Cc1cccc(OCc2ccccc2)c1)C(=O)c1ccccc1. The first-order valence-corrected chi connectivity index (χ1v) is 11.1. The van der Waals surface area contributed by atoms with E-state index < -0.39 is 6.04 Å². The summed E-state index contributed by atoms with van der Waals surface area (Å²) < 4.78 is 5.96. The lowest BCUT2D eigenvalue weighted by Crippen LogP contribution is -2.48. The van der Waals surface area contributed by atoms with Gasteiger partial charge in [-0.05, 0) is 54.7 Å². The van der Waals surface area contributed by atoms with E-state index in [0.717, 1.165) is 29.7 Å². The maximum absolute atomic E-state index is 13.4. The summed E-state index contributed by atoms with van der Waals surface area (Å²) in [5, 5.41) is 2.96. The normalized spacial score (nSPS) is 16.0. The lowest BCUT2D eigenvalue weighted by atomic mass is 10.1.